The van der Waals surface area contributed by atoms with E-state index in [1.807, 2.05) is 24.3 Å². The summed E-state index contributed by atoms with van der Waals surface area (Å²) in [5, 5.41) is 2.62. The molecule has 1 fully saturated rings. The smallest absolute Gasteiger partial charge is 0.411 e. The third kappa shape index (κ3) is 5.97. The van der Waals surface area contributed by atoms with Gasteiger partial charge >= 0.3 is 6.09 Å². The minimum Gasteiger partial charge on any atom is -0.444 e. The van der Waals surface area contributed by atoms with Gasteiger partial charge in [-0.1, -0.05) is 51.0 Å². The number of rotatable bonds is 7. The van der Waals surface area contributed by atoms with Crippen LogP contribution in [0, 0.1) is 0 Å². The minimum absolute atomic E-state index is 0.116. The molecule has 242 valence electrons. The van der Waals surface area contributed by atoms with Crippen molar-refractivity contribution in [3.05, 3.63) is 71.5 Å². The normalized spacial score (nSPS) is 19.2. The first kappa shape index (κ1) is 31.6. The maximum Gasteiger partial charge on any atom is 0.411 e. The number of hydrogen-bond acceptors (Lipinski definition) is 4. The van der Waals surface area contributed by atoms with Gasteiger partial charge in [-0.05, 0) is 79.8 Å². The molecule has 10 heteroatoms. The summed E-state index contributed by atoms with van der Waals surface area (Å²) in [7, 11) is 0. The highest BCUT2D eigenvalue weighted by Crippen LogP contribution is 2.52. The average molecular weight is 633 g/mol. The van der Waals surface area contributed by atoms with Crippen LogP contribution in [0.5, 0.6) is 0 Å². The van der Waals surface area contributed by atoms with Crippen molar-refractivity contribution in [2.24, 2.45) is 0 Å². The van der Waals surface area contributed by atoms with Crippen LogP contribution in [0.25, 0.3) is 33.3 Å². The highest BCUT2D eigenvalue weighted by atomic mass is 19.3. The Morgan fingerprint density at radius 1 is 1.07 bits per heavy atom. The molecule has 4 aromatic rings. The lowest BCUT2D eigenvalue weighted by molar-refractivity contribution is -0.120. The van der Waals surface area contributed by atoms with Crippen molar-refractivity contribution < 1.29 is 27.5 Å². The fourth-order valence-electron chi connectivity index (χ4n) is 6.35. The van der Waals surface area contributed by atoms with Crippen LogP contribution in [0.2, 0.25) is 0 Å². The van der Waals surface area contributed by atoms with Crippen LogP contribution >= 0.6 is 0 Å². The molecule has 0 spiro atoms. The molecule has 3 atom stereocenters. The van der Waals surface area contributed by atoms with Gasteiger partial charge in [-0.15, -0.1) is 0 Å². The molecule has 1 aromatic heterocycles. The number of ether oxygens (including phenoxy) is 1. The number of nitrogens with zero attached hydrogens (tertiary/aromatic N) is 2. The van der Waals surface area contributed by atoms with Gasteiger partial charge in [-0.2, -0.15) is 8.78 Å². The van der Waals surface area contributed by atoms with Gasteiger partial charge in [0.1, 0.15) is 23.6 Å². The Morgan fingerprint density at radius 2 is 1.74 bits per heavy atom. The number of fused-ring (bicyclic) bond motifs is 4. The van der Waals surface area contributed by atoms with E-state index < -0.39 is 35.7 Å². The number of halogens is 3. The lowest BCUT2D eigenvalue weighted by atomic mass is 9.98. The zero-order chi connectivity index (χ0) is 33.0. The summed E-state index contributed by atoms with van der Waals surface area (Å²) in [5.74, 6) is -2.76. The lowest BCUT2D eigenvalue weighted by Crippen LogP contribution is -2.45. The van der Waals surface area contributed by atoms with Crippen LogP contribution in [-0.2, 0) is 15.5 Å². The van der Waals surface area contributed by atoms with E-state index in [9.17, 15) is 14.0 Å². The fourth-order valence-corrected chi connectivity index (χ4v) is 6.35. The summed E-state index contributed by atoms with van der Waals surface area (Å²) in [6, 6.07) is 14.0. The number of alkyl halides is 3. The van der Waals surface area contributed by atoms with Crippen molar-refractivity contribution in [3.8, 4) is 22.3 Å². The Balaban J connectivity index is 1.23. The number of imidazole rings is 1. The molecule has 2 N–H and O–H groups in total. The van der Waals surface area contributed by atoms with Crippen LogP contribution in [0.3, 0.4) is 0 Å². The summed E-state index contributed by atoms with van der Waals surface area (Å²) in [6.45, 7) is 9.07. The van der Waals surface area contributed by atoms with E-state index in [0.29, 0.717) is 22.6 Å². The monoisotopic (exact) mass is 632 g/mol. The van der Waals surface area contributed by atoms with Crippen molar-refractivity contribution in [1.82, 2.24) is 14.9 Å². The third-order valence-electron chi connectivity index (χ3n) is 8.75. The number of anilines is 1. The number of aromatic nitrogens is 2. The van der Waals surface area contributed by atoms with E-state index in [1.165, 1.54) is 12.1 Å². The molecule has 46 heavy (non-hydrogen) atoms. The summed E-state index contributed by atoms with van der Waals surface area (Å²) in [5.41, 5.74) is 2.90. The zero-order valence-electron chi connectivity index (χ0n) is 26.7. The maximum absolute atomic E-state index is 16.0. The molecule has 1 aliphatic carbocycles. The molecule has 0 saturated carbocycles. The predicted octanol–water partition coefficient (Wildman–Crippen LogP) is 8.93. The number of hydrogen-bond donors (Lipinski definition) is 2. The molecule has 7 nitrogen and oxygen atoms in total. The molecule has 0 radical (unpaired) electrons. The number of carbonyl (C=O) groups is 2. The van der Waals surface area contributed by atoms with E-state index >= 15 is 8.78 Å². The second-order valence-electron chi connectivity index (χ2n) is 13.5. The molecular weight excluding hydrogens is 593 g/mol. The predicted molar refractivity (Wildman–Crippen MR) is 173 cm³/mol. The standard InChI is InChI=1S/C36H39F3N4O3/c1-6-7-8-20(2)32-41-29-14-10-22(16-30(29)42-32)21-9-12-25-26-13-11-24(18-28(26)36(38,39)27(25)15-21)40-33(44)31-17-23(37)19-43(31)34(45)46-35(3,4)5/h9-16,18,20,23,31H,6-8,17,19H2,1-5H3,(H,40,44)(H,41,42)/t20-,23-,31-/m0/s1. The summed E-state index contributed by atoms with van der Waals surface area (Å²) >= 11 is 0. The molecule has 3 aromatic carbocycles. The van der Waals surface area contributed by atoms with Crippen LogP contribution < -0.4 is 5.32 Å². The highest BCUT2D eigenvalue weighted by molar-refractivity contribution is 5.98. The van der Waals surface area contributed by atoms with Crippen LogP contribution in [0.4, 0.5) is 23.7 Å². The third-order valence-corrected chi connectivity index (χ3v) is 8.75. The van der Waals surface area contributed by atoms with Gasteiger partial charge in [0.15, 0.2) is 0 Å². The molecule has 0 unspecified atom stereocenters. The average Bonchev–Trinajstić information content (AvgIpc) is 3.67. The molecule has 2 amide bonds. The Labute approximate surface area is 266 Å². The van der Waals surface area contributed by atoms with Crippen molar-refractivity contribution >= 4 is 28.7 Å². The van der Waals surface area contributed by atoms with E-state index in [1.54, 1.807) is 39.0 Å². The maximum atomic E-state index is 16.0. The minimum atomic E-state index is -3.32. The first-order valence-electron chi connectivity index (χ1n) is 15.9. The van der Waals surface area contributed by atoms with Gasteiger partial charge < -0.3 is 15.0 Å². The zero-order valence-corrected chi connectivity index (χ0v) is 26.7. The van der Waals surface area contributed by atoms with E-state index in [-0.39, 0.29) is 29.8 Å². The molecule has 6 rings (SSSR count). The van der Waals surface area contributed by atoms with Crippen molar-refractivity contribution in [1.29, 1.82) is 0 Å². The highest BCUT2D eigenvalue weighted by Gasteiger charge is 2.45. The van der Waals surface area contributed by atoms with Crippen molar-refractivity contribution in [3.63, 3.8) is 0 Å². The first-order valence-corrected chi connectivity index (χ1v) is 15.9. The molecule has 2 aliphatic rings. The summed E-state index contributed by atoms with van der Waals surface area (Å²) < 4.78 is 51.7. The molecule has 1 saturated heterocycles. The SMILES string of the molecule is CCCC[C@H](C)c1nc2ccc(-c3ccc4c(c3)C(F)(F)c3cc(NC(=O)[C@@H]5C[C@H](F)CN5C(=O)OC(C)(C)C)ccc3-4)cc2[nH]1. The number of amides is 2. The second kappa shape index (κ2) is 11.8. The van der Waals surface area contributed by atoms with Gasteiger partial charge in [0.25, 0.3) is 5.92 Å². The van der Waals surface area contributed by atoms with Gasteiger partial charge in [0, 0.05) is 29.2 Å². The topological polar surface area (TPSA) is 87.3 Å². The molecule has 0 bridgehead atoms. The van der Waals surface area contributed by atoms with Gasteiger partial charge in [-0.25, -0.2) is 14.2 Å². The Kier molecular flexibility index (Phi) is 8.11. The van der Waals surface area contributed by atoms with Crippen LogP contribution in [-0.4, -0.2) is 51.2 Å². The van der Waals surface area contributed by atoms with Crippen LogP contribution in [0.15, 0.2) is 54.6 Å². The van der Waals surface area contributed by atoms with E-state index in [4.69, 9.17) is 9.72 Å². The molecule has 1 aliphatic heterocycles. The van der Waals surface area contributed by atoms with E-state index in [2.05, 4.69) is 24.1 Å². The number of unbranched alkanes of at least 4 members (excludes halogenated alkanes) is 1. The molecular formula is C36H39F3N4O3. The van der Waals surface area contributed by atoms with Gasteiger partial charge in [-0.3, -0.25) is 9.69 Å². The second-order valence-corrected chi connectivity index (χ2v) is 13.5. The number of aromatic amines is 1. The van der Waals surface area contributed by atoms with E-state index in [0.717, 1.165) is 46.6 Å². The Bertz CT molecular complexity index is 1810. The van der Waals surface area contributed by atoms with Crippen LogP contribution in [0.1, 0.15) is 83.2 Å². The number of benzene rings is 3. The summed E-state index contributed by atoms with van der Waals surface area (Å²) in [4.78, 5) is 35.0. The Hall–Kier alpha value is -4.34. The summed E-state index contributed by atoms with van der Waals surface area (Å²) in [6.07, 6.45) is 0.876. The van der Waals surface area contributed by atoms with Crippen molar-refractivity contribution in [2.45, 2.75) is 90.0 Å². The Morgan fingerprint density at radius 3 is 2.46 bits per heavy atom. The first-order chi connectivity index (χ1) is 21.7. The number of nitrogens with one attached hydrogen (secondary N) is 2. The number of carbonyl (C=O) groups excluding carboxylic acids is 2. The van der Waals surface area contributed by atoms with Gasteiger partial charge in [0.05, 0.1) is 17.6 Å². The quantitative estimate of drug-likeness (QED) is 0.213. The lowest BCUT2D eigenvalue weighted by Gasteiger charge is -2.27. The van der Waals surface area contributed by atoms with Gasteiger partial charge in [0.2, 0.25) is 5.91 Å². The number of likely N-dealkylation sites (tertiary alicyclic amines) is 1. The largest absolute Gasteiger partial charge is 0.444 e. The van der Waals surface area contributed by atoms with Crippen molar-refractivity contribution in [2.75, 3.05) is 11.9 Å². The fraction of sp³-hybridized carbons (Fsp3) is 0.417. The number of H-pyrrole nitrogens is 1. The molecule has 2 heterocycles.